The number of halogens is 1. The van der Waals surface area contributed by atoms with E-state index in [1.807, 2.05) is 30.3 Å². The van der Waals surface area contributed by atoms with Gasteiger partial charge in [-0.3, -0.25) is 9.69 Å². The van der Waals surface area contributed by atoms with Crippen molar-refractivity contribution < 1.29 is 19.0 Å². The Morgan fingerprint density at radius 2 is 1.83 bits per heavy atom. The van der Waals surface area contributed by atoms with Gasteiger partial charge < -0.3 is 15.2 Å². The number of nitrogens with one attached hydrogen (secondary N) is 1. The van der Waals surface area contributed by atoms with Crippen LogP contribution in [-0.4, -0.2) is 58.5 Å². The van der Waals surface area contributed by atoms with E-state index >= 15 is 0 Å². The van der Waals surface area contributed by atoms with Crippen molar-refractivity contribution >= 4 is 5.91 Å². The monoisotopic (exact) mass is 410 g/mol. The first-order valence-electron chi connectivity index (χ1n) is 9.81. The Labute approximate surface area is 173 Å². The SMILES string of the molecule is O=C(NCC(c1ccc(F)cc1)N1CCOCC1)c1nn(-c2ccccc2)cc1O. The number of carbonyl (C=O) groups excluding carboxylic acids is 1. The van der Waals surface area contributed by atoms with Crippen LogP contribution in [0.1, 0.15) is 22.1 Å². The molecule has 0 saturated carbocycles. The van der Waals surface area contributed by atoms with Gasteiger partial charge in [-0.05, 0) is 29.8 Å². The minimum atomic E-state index is -0.470. The van der Waals surface area contributed by atoms with Crippen molar-refractivity contribution in [2.75, 3.05) is 32.8 Å². The number of hydrogen-bond donors (Lipinski definition) is 2. The van der Waals surface area contributed by atoms with Crippen molar-refractivity contribution in [1.82, 2.24) is 20.0 Å². The second kappa shape index (κ2) is 9.06. The van der Waals surface area contributed by atoms with Crippen LogP contribution in [0.15, 0.2) is 60.8 Å². The lowest BCUT2D eigenvalue weighted by atomic mass is 10.0. The van der Waals surface area contributed by atoms with Gasteiger partial charge in [0.05, 0.1) is 31.1 Å². The molecule has 0 aliphatic carbocycles. The van der Waals surface area contributed by atoms with Crippen LogP contribution < -0.4 is 5.32 Å². The number of benzene rings is 2. The van der Waals surface area contributed by atoms with Gasteiger partial charge in [0.1, 0.15) is 5.82 Å². The molecule has 8 heteroatoms. The average Bonchev–Trinajstić information content (AvgIpc) is 3.18. The zero-order valence-electron chi connectivity index (χ0n) is 16.4. The van der Waals surface area contributed by atoms with Gasteiger partial charge in [0.2, 0.25) is 0 Å². The number of hydrogen-bond acceptors (Lipinski definition) is 5. The molecule has 1 saturated heterocycles. The van der Waals surface area contributed by atoms with Gasteiger partial charge in [0.15, 0.2) is 11.4 Å². The molecule has 1 amide bonds. The molecule has 0 radical (unpaired) electrons. The highest BCUT2D eigenvalue weighted by Crippen LogP contribution is 2.23. The van der Waals surface area contributed by atoms with Gasteiger partial charge in [-0.15, -0.1) is 0 Å². The number of para-hydroxylation sites is 1. The lowest BCUT2D eigenvalue weighted by molar-refractivity contribution is 0.0162. The third kappa shape index (κ3) is 4.50. The van der Waals surface area contributed by atoms with Crippen LogP contribution in [-0.2, 0) is 4.74 Å². The first-order chi connectivity index (χ1) is 14.6. The fourth-order valence-corrected chi connectivity index (χ4v) is 3.54. The number of rotatable bonds is 6. The summed E-state index contributed by atoms with van der Waals surface area (Å²) >= 11 is 0. The minimum absolute atomic E-state index is 0.0429. The van der Waals surface area contributed by atoms with Gasteiger partial charge in [-0.1, -0.05) is 30.3 Å². The quantitative estimate of drug-likeness (QED) is 0.653. The van der Waals surface area contributed by atoms with Crippen molar-refractivity contribution in [3.8, 4) is 11.4 Å². The summed E-state index contributed by atoms with van der Waals surface area (Å²) in [6.45, 7) is 2.93. The molecule has 1 aromatic heterocycles. The molecule has 4 rings (SSSR count). The number of amides is 1. The van der Waals surface area contributed by atoms with Gasteiger partial charge in [-0.2, -0.15) is 5.10 Å². The number of nitrogens with zero attached hydrogens (tertiary/aromatic N) is 3. The van der Waals surface area contributed by atoms with E-state index in [9.17, 15) is 14.3 Å². The number of aromatic nitrogens is 2. The third-order valence-corrected chi connectivity index (χ3v) is 5.13. The molecule has 0 bridgehead atoms. The third-order valence-electron chi connectivity index (χ3n) is 5.13. The topological polar surface area (TPSA) is 79.6 Å². The van der Waals surface area contributed by atoms with E-state index in [0.717, 1.165) is 11.3 Å². The summed E-state index contributed by atoms with van der Waals surface area (Å²) in [7, 11) is 0. The van der Waals surface area contributed by atoms with Crippen LogP contribution in [0.3, 0.4) is 0 Å². The predicted octanol–water partition coefficient (Wildman–Crippen LogP) is 2.52. The van der Waals surface area contributed by atoms with Crippen LogP contribution in [0.5, 0.6) is 5.75 Å². The van der Waals surface area contributed by atoms with E-state index in [4.69, 9.17) is 4.74 Å². The molecular formula is C22H23FN4O3. The molecular weight excluding hydrogens is 387 g/mol. The molecule has 156 valence electrons. The molecule has 1 fully saturated rings. The van der Waals surface area contributed by atoms with Crippen molar-refractivity contribution in [2.45, 2.75) is 6.04 Å². The number of ether oxygens (including phenoxy) is 1. The zero-order valence-corrected chi connectivity index (χ0v) is 16.4. The molecule has 1 unspecified atom stereocenters. The van der Waals surface area contributed by atoms with Crippen molar-refractivity contribution in [3.05, 3.63) is 77.9 Å². The van der Waals surface area contributed by atoms with E-state index < -0.39 is 5.91 Å². The van der Waals surface area contributed by atoms with Crippen LogP contribution >= 0.6 is 0 Å². The summed E-state index contributed by atoms with van der Waals surface area (Å²) in [5.74, 6) is -0.969. The van der Waals surface area contributed by atoms with Crippen molar-refractivity contribution in [2.24, 2.45) is 0 Å². The number of morpholine rings is 1. The summed E-state index contributed by atoms with van der Waals surface area (Å²) in [6, 6.07) is 15.4. The molecule has 2 N–H and O–H groups in total. The number of carbonyl (C=O) groups is 1. The Morgan fingerprint density at radius 3 is 2.53 bits per heavy atom. The Kier molecular flexibility index (Phi) is 6.06. The first-order valence-corrected chi connectivity index (χ1v) is 9.81. The van der Waals surface area contributed by atoms with E-state index in [2.05, 4.69) is 15.3 Å². The zero-order chi connectivity index (χ0) is 20.9. The Morgan fingerprint density at radius 1 is 1.13 bits per heavy atom. The summed E-state index contributed by atoms with van der Waals surface area (Å²) in [5, 5.41) is 17.3. The summed E-state index contributed by atoms with van der Waals surface area (Å²) < 4.78 is 20.3. The Balaban J connectivity index is 1.50. The lowest BCUT2D eigenvalue weighted by Crippen LogP contribution is -2.43. The fraction of sp³-hybridized carbons (Fsp3) is 0.273. The number of aromatic hydroxyl groups is 1. The molecule has 1 aliphatic heterocycles. The predicted molar refractivity (Wildman–Crippen MR) is 109 cm³/mol. The van der Waals surface area contributed by atoms with Gasteiger partial charge >= 0.3 is 0 Å². The van der Waals surface area contributed by atoms with Crippen LogP contribution in [0.4, 0.5) is 4.39 Å². The normalized spacial score (nSPS) is 15.6. The molecule has 2 aromatic carbocycles. The summed E-state index contributed by atoms with van der Waals surface area (Å²) in [5.41, 5.74) is 1.60. The Hall–Kier alpha value is -3.23. The standard InChI is InChI=1S/C22H23FN4O3/c23-17-8-6-16(7-9-17)19(26-10-12-30-13-11-26)14-24-22(29)21-20(28)15-27(25-21)18-4-2-1-3-5-18/h1-9,15,19,28H,10-14H2,(H,24,29). The second-order valence-corrected chi connectivity index (χ2v) is 7.07. The fourth-order valence-electron chi connectivity index (χ4n) is 3.54. The minimum Gasteiger partial charge on any atom is -0.504 e. The molecule has 1 atom stereocenters. The van der Waals surface area contributed by atoms with E-state index in [-0.39, 0.29) is 23.3 Å². The van der Waals surface area contributed by atoms with Crippen LogP contribution in [0, 0.1) is 5.82 Å². The van der Waals surface area contributed by atoms with Gasteiger partial charge in [-0.25, -0.2) is 9.07 Å². The highest BCUT2D eigenvalue weighted by atomic mass is 19.1. The summed E-state index contributed by atoms with van der Waals surface area (Å²) in [4.78, 5) is 14.9. The smallest absolute Gasteiger partial charge is 0.275 e. The van der Waals surface area contributed by atoms with E-state index in [1.165, 1.54) is 23.0 Å². The highest BCUT2D eigenvalue weighted by Gasteiger charge is 2.25. The maximum Gasteiger partial charge on any atom is 0.275 e. The lowest BCUT2D eigenvalue weighted by Gasteiger charge is -2.34. The molecule has 30 heavy (non-hydrogen) atoms. The summed E-state index contributed by atoms with van der Waals surface area (Å²) in [6.07, 6.45) is 1.41. The first kappa shape index (κ1) is 20.1. The average molecular weight is 410 g/mol. The molecule has 7 nitrogen and oxygen atoms in total. The van der Waals surface area contributed by atoms with Gasteiger partial charge in [0, 0.05) is 19.6 Å². The van der Waals surface area contributed by atoms with Crippen molar-refractivity contribution in [3.63, 3.8) is 0 Å². The molecule has 3 aromatic rings. The maximum atomic E-state index is 13.4. The van der Waals surface area contributed by atoms with Crippen LogP contribution in [0.2, 0.25) is 0 Å². The largest absolute Gasteiger partial charge is 0.504 e. The highest BCUT2D eigenvalue weighted by molar-refractivity contribution is 5.94. The maximum absolute atomic E-state index is 13.4. The van der Waals surface area contributed by atoms with Gasteiger partial charge in [0.25, 0.3) is 5.91 Å². The van der Waals surface area contributed by atoms with Crippen molar-refractivity contribution in [1.29, 1.82) is 0 Å². The molecule has 1 aliphatic rings. The van der Waals surface area contributed by atoms with Crippen LogP contribution in [0.25, 0.3) is 5.69 Å². The Bertz CT molecular complexity index is 985. The molecule has 0 spiro atoms. The second-order valence-electron chi connectivity index (χ2n) is 7.07. The molecule has 2 heterocycles. The van der Waals surface area contributed by atoms with E-state index in [0.29, 0.717) is 32.8 Å². The van der Waals surface area contributed by atoms with E-state index in [1.54, 1.807) is 12.1 Å².